The topological polar surface area (TPSA) is 51.6 Å². The van der Waals surface area contributed by atoms with Crippen molar-refractivity contribution < 1.29 is 36.5 Å². The summed E-state index contributed by atoms with van der Waals surface area (Å²) in [4.78, 5) is 3.59. The molecular weight excluding hydrogens is 325 g/mol. The van der Waals surface area contributed by atoms with E-state index in [0.717, 1.165) is 20.1 Å². The third-order valence-corrected chi connectivity index (χ3v) is 4.33. The summed E-state index contributed by atoms with van der Waals surface area (Å²) < 4.78 is 74.7. The van der Waals surface area contributed by atoms with Crippen LogP contribution in [-0.2, 0) is 4.74 Å². The second-order valence-corrected chi connectivity index (χ2v) is 5.56. The van der Waals surface area contributed by atoms with Gasteiger partial charge in [0.25, 0.3) is 6.43 Å². The molecule has 2 rings (SSSR count). The highest BCUT2D eigenvalue weighted by molar-refractivity contribution is 5.35. The van der Waals surface area contributed by atoms with Crippen LogP contribution < -0.4 is 4.74 Å². The molecule has 1 fully saturated rings. The lowest BCUT2D eigenvalue weighted by atomic mass is 9.79. The van der Waals surface area contributed by atoms with Gasteiger partial charge in [0.15, 0.2) is 11.9 Å². The fourth-order valence-corrected chi connectivity index (χ4v) is 2.77. The van der Waals surface area contributed by atoms with Crippen LogP contribution >= 0.6 is 0 Å². The molecule has 0 amide bonds. The van der Waals surface area contributed by atoms with E-state index in [1.54, 1.807) is 0 Å². The van der Waals surface area contributed by atoms with Crippen LogP contribution in [0.1, 0.15) is 37.4 Å². The number of rotatable bonds is 3. The minimum atomic E-state index is -4.70. The lowest BCUT2D eigenvalue weighted by Gasteiger charge is -2.31. The van der Waals surface area contributed by atoms with E-state index in [2.05, 4.69) is 4.98 Å². The van der Waals surface area contributed by atoms with Crippen LogP contribution in [0.5, 0.6) is 5.88 Å². The molecule has 9 heteroatoms. The second-order valence-electron chi connectivity index (χ2n) is 5.56. The largest absolute Gasteiger partial charge is 0.481 e. The Labute approximate surface area is 129 Å². The van der Waals surface area contributed by atoms with Gasteiger partial charge in [-0.15, -0.1) is 0 Å². The van der Waals surface area contributed by atoms with Gasteiger partial charge in [-0.05, 0) is 13.0 Å². The average molecular weight is 341 g/mol. The molecule has 4 unspecified atom stereocenters. The number of aliphatic hydroxyl groups is 1. The van der Waals surface area contributed by atoms with Gasteiger partial charge in [-0.25, -0.2) is 13.8 Å². The van der Waals surface area contributed by atoms with Crippen molar-refractivity contribution in [3.05, 3.63) is 23.4 Å². The van der Waals surface area contributed by atoms with Crippen LogP contribution in [0.25, 0.3) is 0 Å². The number of aromatic nitrogens is 1. The van der Waals surface area contributed by atoms with Crippen molar-refractivity contribution >= 4 is 0 Å². The highest BCUT2D eigenvalue weighted by Gasteiger charge is 2.64. The van der Waals surface area contributed by atoms with Gasteiger partial charge in [0.2, 0.25) is 5.88 Å². The van der Waals surface area contributed by atoms with Crippen molar-refractivity contribution in [3.8, 4) is 5.88 Å². The minimum Gasteiger partial charge on any atom is -0.481 e. The number of hydrogen-bond acceptors (Lipinski definition) is 4. The SMILES string of the molecule is COc1nc(C(F)F)ccc1C1C(O)OC(C)(C(F)(F)F)C1C. The van der Waals surface area contributed by atoms with Gasteiger partial charge in [-0.2, -0.15) is 13.2 Å². The smallest absolute Gasteiger partial charge is 0.417 e. The summed E-state index contributed by atoms with van der Waals surface area (Å²) in [5.41, 5.74) is -3.04. The highest BCUT2D eigenvalue weighted by Crippen LogP contribution is 2.53. The molecule has 23 heavy (non-hydrogen) atoms. The van der Waals surface area contributed by atoms with Crippen molar-refractivity contribution in [2.75, 3.05) is 7.11 Å². The molecule has 0 spiro atoms. The van der Waals surface area contributed by atoms with Gasteiger partial charge in [0.05, 0.1) is 7.11 Å². The Bertz CT molecular complexity index is 580. The zero-order valence-electron chi connectivity index (χ0n) is 12.6. The van der Waals surface area contributed by atoms with E-state index in [4.69, 9.17) is 9.47 Å². The molecule has 0 aromatic carbocycles. The molecule has 0 saturated carbocycles. The van der Waals surface area contributed by atoms with Gasteiger partial charge < -0.3 is 14.6 Å². The molecule has 2 heterocycles. The predicted octanol–water partition coefficient (Wildman–Crippen LogP) is 3.42. The summed E-state index contributed by atoms with van der Waals surface area (Å²) in [5.74, 6) is -2.55. The highest BCUT2D eigenvalue weighted by atomic mass is 19.4. The zero-order chi connectivity index (χ0) is 17.6. The molecule has 0 bridgehead atoms. The zero-order valence-corrected chi connectivity index (χ0v) is 12.6. The molecule has 1 aliphatic heterocycles. The van der Waals surface area contributed by atoms with E-state index in [-0.39, 0.29) is 11.4 Å². The van der Waals surface area contributed by atoms with Crippen molar-refractivity contribution in [3.63, 3.8) is 0 Å². The molecule has 1 aliphatic rings. The normalized spacial score (nSPS) is 31.7. The van der Waals surface area contributed by atoms with E-state index < -0.39 is 42.0 Å². The molecule has 0 radical (unpaired) electrons. The number of aliphatic hydroxyl groups excluding tert-OH is 1. The quantitative estimate of drug-likeness (QED) is 0.856. The Balaban J connectivity index is 2.46. The summed E-state index contributed by atoms with van der Waals surface area (Å²) in [6, 6.07) is 2.17. The maximum Gasteiger partial charge on any atom is 0.417 e. The Morgan fingerprint density at radius 2 is 1.96 bits per heavy atom. The summed E-state index contributed by atoms with van der Waals surface area (Å²) in [6.45, 7) is 2.11. The monoisotopic (exact) mass is 341 g/mol. The molecule has 4 atom stereocenters. The van der Waals surface area contributed by atoms with Crippen molar-refractivity contribution in [1.29, 1.82) is 0 Å². The van der Waals surface area contributed by atoms with Crippen LogP contribution in [0.3, 0.4) is 0 Å². The van der Waals surface area contributed by atoms with Crippen LogP contribution in [-0.4, -0.2) is 35.3 Å². The molecule has 1 aromatic heterocycles. The maximum absolute atomic E-state index is 13.2. The Hall–Kier alpha value is -1.48. The van der Waals surface area contributed by atoms with Gasteiger partial charge in [0.1, 0.15) is 5.69 Å². The summed E-state index contributed by atoms with van der Waals surface area (Å²) >= 11 is 0. The van der Waals surface area contributed by atoms with Gasteiger partial charge in [-0.1, -0.05) is 13.0 Å². The van der Waals surface area contributed by atoms with Crippen molar-refractivity contribution in [2.24, 2.45) is 5.92 Å². The first-order chi connectivity index (χ1) is 10.5. The fourth-order valence-electron chi connectivity index (χ4n) is 2.77. The molecule has 1 saturated heterocycles. The number of methoxy groups -OCH3 is 1. The lowest BCUT2D eigenvalue weighted by Crippen LogP contribution is -2.46. The first-order valence-electron chi connectivity index (χ1n) is 6.78. The lowest BCUT2D eigenvalue weighted by molar-refractivity contribution is -0.291. The first-order valence-corrected chi connectivity index (χ1v) is 6.78. The fraction of sp³-hybridized carbons (Fsp3) is 0.643. The number of pyridine rings is 1. The molecule has 0 aliphatic carbocycles. The Morgan fingerprint density at radius 3 is 2.39 bits per heavy atom. The minimum absolute atomic E-state index is 0.0878. The van der Waals surface area contributed by atoms with E-state index in [1.165, 1.54) is 13.0 Å². The predicted molar refractivity (Wildman–Crippen MR) is 69.2 cm³/mol. The van der Waals surface area contributed by atoms with E-state index in [1.807, 2.05) is 0 Å². The second kappa shape index (κ2) is 5.86. The third kappa shape index (κ3) is 2.87. The maximum atomic E-state index is 13.2. The van der Waals surface area contributed by atoms with Crippen LogP contribution in [0.2, 0.25) is 0 Å². The average Bonchev–Trinajstić information content (AvgIpc) is 2.68. The molecule has 130 valence electrons. The van der Waals surface area contributed by atoms with E-state index >= 15 is 0 Å². The van der Waals surface area contributed by atoms with E-state index in [0.29, 0.717) is 0 Å². The Morgan fingerprint density at radius 1 is 1.35 bits per heavy atom. The first kappa shape index (κ1) is 17.9. The van der Waals surface area contributed by atoms with Gasteiger partial charge >= 0.3 is 6.18 Å². The molecule has 4 nitrogen and oxygen atoms in total. The molecular formula is C14H16F5NO3. The van der Waals surface area contributed by atoms with Gasteiger partial charge in [-0.3, -0.25) is 0 Å². The third-order valence-electron chi connectivity index (χ3n) is 4.33. The number of hydrogen-bond donors (Lipinski definition) is 1. The van der Waals surface area contributed by atoms with Crippen LogP contribution in [0, 0.1) is 5.92 Å². The van der Waals surface area contributed by atoms with Crippen molar-refractivity contribution in [1.82, 2.24) is 4.98 Å². The standard InChI is InChI=1S/C14H16F5NO3/c1-6-9(12(21)23-13(6,2)14(17,18)19)7-4-5-8(10(15)16)20-11(7)22-3/h4-6,9-10,12,21H,1-3H3. The van der Waals surface area contributed by atoms with Gasteiger partial charge in [0, 0.05) is 17.4 Å². The van der Waals surface area contributed by atoms with Crippen LogP contribution in [0.4, 0.5) is 22.0 Å². The van der Waals surface area contributed by atoms with Crippen molar-refractivity contribution in [2.45, 2.75) is 44.3 Å². The molecule has 1 aromatic rings. The number of halogens is 5. The summed E-state index contributed by atoms with van der Waals surface area (Å²) in [6.07, 6.45) is -9.31. The summed E-state index contributed by atoms with van der Waals surface area (Å²) in [7, 11) is 1.16. The number of nitrogens with zero attached hydrogens (tertiary/aromatic N) is 1. The number of alkyl halides is 5. The van der Waals surface area contributed by atoms with E-state index in [9.17, 15) is 27.1 Å². The Kier molecular flexibility index (Phi) is 4.55. The summed E-state index contributed by atoms with van der Waals surface area (Å²) in [5, 5.41) is 9.96. The molecule has 1 N–H and O–H groups in total. The number of ether oxygens (including phenoxy) is 2. The van der Waals surface area contributed by atoms with Crippen LogP contribution in [0.15, 0.2) is 12.1 Å².